The Kier molecular flexibility index (Phi) is 3.03. The molecule has 0 fully saturated rings. The molecule has 3 N–H and O–H groups in total. The van der Waals surface area contributed by atoms with Gasteiger partial charge in [0, 0.05) is 6.07 Å². The Labute approximate surface area is 82.9 Å². The van der Waals surface area contributed by atoms with Gasteiger partial charge in [0.1, 0.15) is 11.3 Å². The average Bonchev–Trinajstić information content (AvgIpc) is 2.15. The maximum absolute atomic E-state index is 12.5. The topological polar surface area (TPSA) is 85.2 Å². The van der Waals surface area contributed by atoms with Crippen molar-refractivity contribution in [2.24, 2.45) is 0 Å². The molecule has 0 spiro atoms. The van der Waals surface area contributed by atoms with Gasteiger partial charge in [0.05, 0.1) is 12.8 Å². The molecule has 7 heteroatoms. The lowest BCUT2D eigenvalue weighted by molar-refractivity contribution is 0.0588. The van der Waals surface area contributed by atoms with Crippen molar-refractivity contribution in [2.75, 3.05) is 12.8 Å². The summed E-state index contributed by atoms with van der Waals surface area (Å²) in [5.74, 6) is -1.01. The van der Waals surface area contributed by atoms with Gasteiger partial charge in [0.15, 0.2) is 0 Å². The summed E-state index contributed by atoms with van der Waals surface area (Å²) in [7, 11) is 1.03. The molecule has 0 atom stereocenters. The van der Waals surface area contributed by atoms with E-state index in [0.29, 0.717) is 0 Å². The van der Waals surface area contributed by atoms with Gasteiger partial charge in [-0.2, -0.15) is 0 Å². The van der Waals surface area contributed by atoms with E-state index < -0.39 is 29.2 Å². The summed E-state index contributed by atoms with van der Waals surface area (Å²) in [6.07, 6.45) is -3.00. The molecule has 15 heavy (non-hydrogen) atoms. The number of ether oxygens (including phenoxy) is 1. The van der Waals surface area contributed by atoms with E-state index >= 15 is 0 Å². The third-order valence-electron chi connectivity index (χ3n) is 1.71. The van der Waals surface area contributed by atoms with Gasteiger partial charge in [-0.1, -0.05) is 0 Å². The zero-order valence-corrected chi connectivity index (χ0v) is 7.71. The molecule has 82 valence electrons. The van der Waals surface area contributed by atoms with Gasteiger partial charge in [-0.15, -0.1) is 0 Å². The highest BCUT2D eigenvalue weighted by Crippen LogP contribution is 2.23. The molecule has 1 heterocycles. The van der Waals surface area contributed by atoms with Gasteiger partial charge in [0.2, 0.25) is 5.56 Å². The third-order valence-corrected chi connectivity index (χ3v) is 1.71. The molecule has 0 aromatic carbocycles. The van der Waals surface area contributed by atoms with Crippen molar-refractivity contribution in [3.05, 3.63) is 27.7 Å². The maximum atomic E-state index is 12.5. The van der Waals surface area contributed by atoms with Gasteiger partial charge < -0.3 is 15.5 Å². The summed E-state index contributed by atoms with van der Waals surface area (Å²) in [5, 5.41) is 0. The smallest absolute Gasteiger partial charge is 0.341 e. The summed E-state index contributed by atoms with van der Waals surface area (Å²) in [6.45, 7) is 0. The lowest BCUT2D eigenvalue weighted by Crippen LogP contribution is -2.18. The normalized spacial score (nSPS) is 10.4. The van der Waals surface area contributed by atoms with Crippen LogP contribution in [-0.4, -0.2) is 18.1 Å². The molecule has 1 rings (SSSR count). The summed E-state index contributed by atoms with van der Waals surface area (Å²) in [5.41, 5.74) is 2.82. The van der Waals surface area contributed by atoms with E-state index in [9.17, 15) is 18.4 Å². The number of aromatic nitrogens is 1. The number of nitrogen functional groups attached to an aromatic ring is 1. The largest absolute Gasteiger partial charge is 0.465 e. The number of rotatable bonds is 2. The van der Waals surface area contributed by atoms with Crippen LogP contribution in [0, 0.1) is 0 Å². The van der Waals surface area contributed by atoms with Crippen molar-refractivity contribution in [1.29, 1.82) is 0 Å². The predicted molar refractivity (Wildman–Crippen MR) is 47.8 cm³/mol. The standard InChI is InChI=1S/C8H8F2N2O3/c1-15-8(14)5-3(11)2-4(13)12-6(5)7(9)10/h2,7H,1H3,(H3,11,12,13). The highest BCUT2D eigenvalue weighted by molar-refractivity contribution is 5.96. The van der Waals surface area contributed by atoms with E-state index in [1.807, 2.05) is 4.98 Å². The zero-order valence-electron chi connectivity index (χ0n) is 7.71. The van der Waals surface area contributed by atoms with Crippen molar-refractivity contribution >= 4 is 11.7 Å². The number of hydrogen-bond acceptors (Lipinski definition) is 4. The summed E-state index contributed by atoms with van der Waals surface area (Å²) in [4.78, 5) is 23.8. The second-order valence-electron chi connectivity index (χ2n) is 2.67. The maximum Gasteiger partial charge on any atom is 0.341 e. The van der Waals surface area contributed by atoms with Crippen LogP contribution in [-0.2, 0) is 4.74 Å². The molecular weight excluding hydrogens is 210 g/mol. The fraction of sp³-hybridized carbons (Fsp3) is 0.250. The Balaban J connectivity index is 3.47. The summed E-state index contributed by atoms with van der Waals surface area (Å²) < 4.78 is 29.2. The third kappa shape index (κ3) is 2.12. The van der Waals surface area contributed by atoms with E-state index in [1.165, 1.54) is 0 Å². The number of alkyl halides is 2. The van der Waals surface area contributed by atoms with Crippen LogP contribution >= 0.6 is 0 Å². The number of carbonyl (C=O) groups excluding carboxylic acids is 1. The number of nitrogens with two attached hydrogens (primary N) is 1. The number of nitrogens with one attached hydrogen (secondary N) is 1. The fourth-order valence-corrected chi connectivity index (χ4v) is 1.09. The second kappa shape index (κ2) is 4.07. The van der Waals surface area contributed by atoms with Crippen LogP contribution in [0.5, 0.6) is 0 Å². The predicted octanol–water partition coefficient (Wildman–Crippen LogP) is 0.681. The zero-order chi connectivity index (χ0) is 11.6. The first-order valence-corrected chi connectivity index (χ1v) is 3.86. The Morgan fingerprint density at radius 3 is 2.67 bits per heavy atom. The first-order valence-electron chi connectivity index (χ1n) is 3.86. The number of hydrogen-bond donors (Lipinski definition) is 2. The molecule has 0 aliphatic carbocycles. The molecule has 1 aromatic heterocycles. The Morgan fingerprint density at radius 1 is 1.60 bits per heavy atom. The van der Waals surface area contributed by atoms with E-state index in [2.05, 4.69) is 4.74 Å². The van der Waals surface area contributed by atoms with Crippen LogP contribution in [0.25, 0.3) is 0 Å². The molecule has 0 saturated carbocycles. The molecule has 1 aromatic rings. The number of H-pyrrole nitrogens is 1. The van der Waals surface area contributed by atoms with Crippen molar-refractivity contribution in [2.45, 2.75) is 6.43 Å². The quantitative estimate of drug-likeness (QED) is 0.715. The lowest BCUT2D eigenvalue weighted by Gasteiger charge is -2.08. The highest BCUT2D eigenvalue weighted by atomic mass is 19.3. The van der Waals surface area contributed by atoms with Gasteiger partial charge in [-0.3, -0.25) is 4.79 Å². The highest BCUT2D eigenvalue weighted by Gasteiger charge is 2.23. The summed E-state index contributed by atoms with van der Waals surface area (Å²) in [6, 6.07) is 0.845. The average molecular weight is 218 g/mol. The van der Waals surface area contributed by atoms with E-state index in [0.717, 1.165) is 13.2 Å². The number of aromatic amines is 1. The number of halogens is 2. The van der Waals surface area contributed by atoms with Crippen LogP contribution in [0.15, 0.2) is 10.9 Å². The first-order chi connectivity index (χ1) is 6.97. The fourth-order valence-electron chi connectivity index (χ4n) is 1.09. The lowest BCUT2D eigenvalue weighted by atomic mass is 10.1. The van der Waals surface area contributed by atoms with Crippen LogP contribution in [0.4, 0.5) is 14.5 Å². The Hall–Kier alpha value is -1.92. The number of carbonyl (C=O) groups is 1. The van der Waals surface area contributed by atoms with Gasteiger partial charge in [-0.25, -0.2) is 13.6 Å². The van der Waals surface area contributed by atoms with Crippen LogP contribution in [0.2, 0.25) is 0 Å². The van der Waals surface area contributed by atoms with E-state index in [4.69, 9.17) is 5.73 Å². The molecular formula is C8H8F2N2O3. The SMILES string of the molecule is COC(=O)c1c(N)cc(=O)[nH]c1C(F)F. The molecule has 0 radical (unpaired) electrons. The minimum atomic E-state index is -3.00. The van der Waals surface area contributed by atoms with E-state index in [1.54, 1.807) is 0 Å². The van der Waals surface area contributed by atoms with Gasteiger partial charge >= 0.3 is 5.97 Å². The monoisotopic (exact) mass is 218 g/mol. The van der Waals surface area contributed by atoms with Crippen LogP contribution < -0.4 is 11.3 Å². The second-order valence-corrected chi connectivity index (χ2v) is 2.67. The molecule has 0 aliphatic heterocycles. The molecule has 5 nitrogen and oxygen atoms in total. The molecule has 0 bridgehead atoms. The van der Waals surface area contributed by atoms with Gasteiger partial charge in [-0.05, 0) is 0 Å². The Morgan fingerprint density at radius 2 is 2.20 bits per heavy atom. The first kappa shape index (κ1) is 11.2. The summed E-state index contributed by atoms with van der Waals surface area (Å²) >= 11 is 0. The van der Waals surface area contributed by atoms with Crippen molar-refractivity contribution in [3.8, 4) is 0 Å². The van der Waals surface area contributed by atoms with Crippen LogP contribution in [0.1, 0.15) is 22.5 Å². The molecule has 0 unspecified atom stereocenters. The number of esters is 1. The van der Waals surface area contributed by atoms with Crippen molar-refractivity contribution in [3.63, 3.8) is 0 Å². The van der Waals surface area contributed by atoms with Crippen LogP contribution in [0.3, 0.4) is 0 Å². The number of pyridine rings is 1. The van der Waals surface area contributed by atoms with Crippen molar-refractivity contribution in [1.82, 2.24) is 4.98 Å². The number of anilines is 1. The minimum Gasteiger partial charge on any atom is -0.465 e. The molecule has 0 amide bonds. The minimum absolute atomic E-state index is 0.332. The van der Waals surface area contributed by atoms with Crippen molar-refractivity contribution < 1.29 is 18.3 Å². The molecule has 0 aliphatic rings. The Bertz CT molecular complexity index is 442. The van der Waals surface area contributed by atoms with Gasteiger partial charge in [0.25, 0.3) is 6.43 Å². The molecule has 0 saturated heterocycles. The number of methoxy groups -OCH3 is 1. The van der Waals surface area contributed by atoms with E-state index in [-0.39, 0.29) is 5.69 Å².